The summed E-state index contributed by atoms with van der Waals surface area (Å²) in [5.41, 5.74) is 0. The molecule has 0 spiro atoms. The molecule has 0 bridgehead atoms. The Labute approximate surface area is 129 Å². The SMILES string of the molecule is O=C([C@@H]1CCC[C@H](C(F)(F)F)C1)N1CCO[C@H]2CCCC[C@H]21. The van der Waals surface area contributed by atoms with Gasteiger partial charge in [0.15, 0.2) is 0 Å². The van der Waals surface area contributed by atoms with E-state index in [0.29, 0.717) is 26.0 Å². The molecule has 4 atom stereocenters. The summed E-state index contributed by atoms with van der Waals surface area (Å²) in [5.74, 6) is -1.83. The Morgan fingerprint density at radius 1 is 1.05 bits per heavy atom. The van der Waals surface area contributed by atoms with Crippen LogP contribution in [0.25, 0.3) is 0 Å². The van der Waals surface area contributed by atoms with Gasteiger partial charge in [0.05, 0.1) is 24.7 Å². The first-order chi connectivity index (χ1) is 10.5. The number of halogens is 3. The molecule has 1 amide bonds. The third kappa shape index (κ3) is 3.26. The fraction of sp³-hybridized carbons (Fsp3) is 0.938. The lowest BCUT2D eigenvalue weighted by atomic mass is 9.79. The van der Waals surface area contributed by atoms with Crippen LogP contribution in [0.5, 0.6) is 0 Å². The molecular weight excluding hydrogens is 295 g/mol. The summed E-state index contributed by atoms with van der Waals surface area (Å²) in [6.45, 7) is 1.05. The summed E-state index contributed by atoms with van der Waals surface area (Å²) in [4.78, 5) is 14.6. The van der Waals surface area contributed by atoms with E-state index in [4.69, 9.17) is 4.74 Å². The molecule has 126 valence electrons. The van der Waals surface area contributed by atoms with Crippen molar-refractivity contribution in [2.75, 3.05) is 13.2 Å². The molecule has 0 unspecified atom stereocenters. The van der Waals surface area contributed by atoms with Crippen molar-refractivity contribution < 1.29 is 22.7 Å². The van der Waals surface area contributed by atoms with Gasteiger partial charge in [0.2, 0.25) is 5.91 Å². The third-order valence-electron chi connectivity index (χ3n) is 5.50. The summed E-state index contributed by atoms with van der Waals surface area (Å²) in [6.07, 6.45) is 1.23. The van der Waals surface area contributed by atoms with Crippen LogP contribution < -0.4 is 0 Å². The van der Waals surface area contributed by atoms with Crippen molar-refractivity contribution in [3.63, 3.8) is 0 Å². The van der Waals surface area contributed by atoms with Gasteiger partial charge >= 0.3 is 6.18 Å². The highest BCUT2D eigenvalue weighted by Crippen LogP contribution is 2.41. The Morgan fingerprint density at radius 2 is 1.82 bits per heavy atom. The highest BCUT2D eigenvalue weighted by molar-refractivity contribution is 5.79. The average molecular weight is 319 g/mol. The van der Waals surface area contributed by atoms with Gasteiger partial charge in [0.25, 0.3) is 0 Å². The molecule has 0 aromatic heterocycles. The Hall–Kier alpha value is -0.780. The second-order valence-electron chi connectivity index (χ2n) is 6.89. The second kappa shape index (κ2) is 6.38. The van der Waals surface area contributed by atoms with Crippen LogP contribution in [0, 0.1) is 11.8 Å². The van der Waals surface area contributed by atoms with Crippen molar-refractivity contribution in [1.29, 1.82) is 0 Å². The highest BCUT2D eigenvalue weighted by atomic mass is 19.4. The molecule has 0 aromatic carbocycles. The van der Waals surface area contributed by atoms with E-state index in [1.807, 2.05) is 4.90 Å². The molecule has 0 radical (unpaired) electrons. The molecule has 3 rings (SSSR count). The number of nitrogens with zero attached hydrogens (tertiary/aromatic N) is 1. The predicted molar refractivity (Wildman–Crippen MR) is 75.2 cm³/mol. The molecule has 2 saturated carbocycles. The minimum Gasteiger partial charge on any atom is -0.374 e. The van der Waals surface area contributed by atoms with Crippen molar-refractivity contribution in [2.24, 2.45) is 11.8 Å². The first-order valence-electron chi connectivity index (χ1n) is 8.45. The molecule has 6 heteroatoms. The molecule has 3 aliphatic rings. The highest BCUT2D eigenvalue weighted by Gasteiger charge is 2.46. The van der Waals surface area contributed by atoms with Crippen LogP contribution in [-0.2, 0) is 9.53 Å². The minimum atomic E-state index is -4.17. The van der Waals surface area contributed by atoms with E-state index < -0.39 is 18.0 Å². The van der Waals surface area contributed by atoms with Crippen LogP contribution >= 0.6 is 0 Å². The molecule has 3 nitrogen and oxygen atoms in total. The number of fused-ring (bicyclic) bond motifs is 1. The van der Waals surface area contributed by atoms with Crippen molar-refractivity contribution in [3.05, 3.63) is 0 Å². The lowest BCUT2D eigenvalue weighted by molar-refractivity contribution is -0.189. The smallest absolute Gasteiger partial charge is 0.374 e. The molecule has 0 N–H and O–H groups in total. The summed E-state index contributed by atoms with van der Waals surface area (Å²) in [5, 5.41) is 0. The normalized spacial score (nSPS) is 36.8. The van der Waals surface area contributed by atoms with Crippen LogP contribution in [0.3, 0.4) is 0 Å². The van der Waals surface area contributed by atoms with Crippen molar-refractivity contribution >= 4 is 5.91 Å². The number of carbonyl (C=O) groups is 1. The zero-order valence-electron chi connectivity index (χ0n) is 12.8. The van der Waals surface area contributed by atoms with E-state index in [2.05, 4.69) is 0 Å². The van der Waals surface area contributed by atoms with Crippen LogP contribution in [0.1, 0.15) is 51.4 Å². The van der Waals surface area contributed by atoms with Gasteiger partial charge in [-0.05, 0) is 32.1 Å². The van der Waals surface area contributed by atoms with E-state index >= 15 is 0 Å². The number of ether oxygens (including phenoxy) is 1. The number of hydrogen-bond donors (Lipinski definition) is 0. The van der Waals surface area contributed by atoms with Crippen molar-refractivity contribution in [2.45, 2.75) is 69.7 Å². The Bertz CT molecular complexity index is 411. The van der Waals surface area contributed by atoms with E-state index in [1.165, 1.54) is 0 Å². The topological polar surface area (TPSA) is 29.5 Å². The first-order valence-corrected chi connectivity index (χ1v) is 8.45. The molecule has 1 saturated heterocycles. The lowest BCUT2D eigenvalue weighted by Gasteiger charge is -2.45. The maximum absolute atomic E-state index is 12.9. The van der Waals surface area contributed by atoms with Gasteiger partial charge < -0.3 is 9.64 Å². The Morgan fingerprint density at radius 3 is 2.59 bits per heavy atom. The molecule has 0 aromatic rings. The molecule has 1 aliphatic heterocycles. The maximum atomic E-state index is 12.9. The van der Waals surface area contributed by atoms with Gasteiger partial charge in [-0.2, -0.15) is 13.2 Å². The zero-order chi connectivity index (χ0) is 15.7. The van der Waals surface area contributed by atoms with E-state index in [9.17, 15) is 18.0 Å². The third-order valence-corrected chi connectivity index (χ3v) is 5.50. The standard InChI is InChI=1S/C16H24F3NO2/c17-16(18,19)12-5-3-4-11(10-12)15(21)20-8-9-22-14-7-2-1-6-13(14)20/h11-14H,1-10H2/t11-,12+,13-,14+/m1/s1. The molecular formula is C16H24F3NO2. The first kappa shape index (κ1) is 16.1. The minimum absolute atomic E-state index is 0.0307. The molecule has 2 aliphatic carbocycles. The largest absolute Gasteiger partial charge is 0.391 e. The number of alkyl halides is 3. The summed E-state index contributed by atoms with van der Waals surface area (Å²) < 4.78 is 44.6. The van der Waals surface area contributed by atoms with E-state index in [-0.39, 0.29) is 30.9 Å². The Kier molecular flexibility index (Phi) is 4.67. The van der Waals surface area contributed by atoms with Crippen LogP contribution in [0.4, 0.5) is 13.2 Å². The van der Waals surface area contributed by atoms with Gasteiger partial charge in [-0.1, -0.05) is 19.3 Å². The van der Waals surface area contributed by atoms with Crippen LogP contribution in [0.15, 0.2) is 0 Å². The van der Waals surface area contributed by atoms with Crippen LogP contribution in [0.2, 0.25) is 0 Å². The van der Waals surface area contributed by atoms with E-state index in [1.54, 1.807) is 0 Å². The van der Waals surface area contributed by atoms with Gasteiger partial charge in [-0.3, -0.25) is 4.79 Å². The van der Waals surface area contributed by atoms with Crippen molar-refractivity contribution in [1.82, 2.24) is 4.90 Å². The quantitative estimate of drug-likeness (QED) is 0.740. The summed E-state index contributed by atoms with van der Waals surface area (Å²) in [7, 11) is 0. The number of rotatable bonds is 1. The summed E-state index contributed by atoms with van der Waals surface area (Å²) >= 11 is 0. The number of hydrogen-bond acceptors (Lipinski definition) is 2. The summed E-state index contributed by atoms with van der Waals surface area (Å²) in [6, 6.07) is 0.0845. The fourth-order valence-electron chi connectivity index (χ4n) is 4.32. The van der Waals surface area contributed by atoms with Gasteiger partial charge in [-0.25, -0.2) is 0 Å². The maximum Gasteiger partial charge on any atom is 0.391 e. The van der Waals surface area contributed by atoms with Crippen molar-refractivity contribution in [3.8, 4) is 0 Å². The fourth-order valence-corrected chi connectivity index (χ4v) is 4.32. The number of morpholine rings is 1. The average Bonchev–Trinajstić information content (AvgIpc) is 2.53. The predicted octanol–water partition coefficient (Wildman–Crippen LogP) is 3.53. The van der Waals surface area contributed by atoms with Gasteiger partial charge in [0.1, 0.15) is 0 Å². The molecule has 3 fully saturated rings. The Balaban J connectivity index is 1.67. The lowest BCUT2D eigenvalue weighted by Crippen LogP contribution is -2.56. The molecule has 22 heavy (non-hydrogen) atoms. The zero-order valence-corrected chi connectivity index (χ0v) is 12.8. The second-order valence-corrected chi connectivity index (χ2v) is 6.89. The molecule has 1 heterocycles. The van der Waals surface area contributed by atoms with Gasteiger partial charge in [-0.15, -0.1) is 0 Å². The van der Waals surface area contributed by atoms with E-state index in [0.717, 1.165) is 25.7 Å². The monoisotopic (exact) mass is 319 g/mol. The van der Waals surface area contributed by atoms with Gasteiger partial charge in [0, 0.05) is 12.5 Å². The van der Waals surface area contributed by atoms with Crippen LogP contribution in [-0.4, -0.2) is 42.3 Å². The number of amides is 1. The number of carbonyl (C=O) groups excluding carboxylic acids is 1.